The highest BCUT2D eigenvalue weighted by Crippen LogP contribution is 2.23. The Balaban J connectivity index is 1.86. The smallest absolute Gasteiger partial charge is 0.437 e. The Bertz CT molecular complexity index is 1000. The summed E-state index contributed by atoms with van der Waals surface area (Å²) >= 11 is 0. The van der Waals surface area contributed by atoms with E-state index in [1.54, 1.807) is 32.8 Å². The first-order valence-corrected chi connectivity index (χ1v) is 11.0. The van der Waals surface area contributed by atoms with E-state index < -0.39 is 23.8 Å². The molecule has 1 saturated heterocycles. The van der Waals surface area contributed by atoms with E-state index in [2.05, 4.69) is 4.99 Å². The average molecular weight is 470 g/mol. The summed E-state index contributed by atoms with van der Waals surface area (Å²) in [7, 11) is 1.59. The summed E-state index contributed by atoms with van der Waals surface area (Å²) in [6, 6.07) is 16.1. The predicted octanol–water partition coefficient (Wildman–Crippen LogP) is 3.80. The topological polar surface area (TPSA) is 101 Å². The van der Waals surface area contributed by atoms with E-state index >= 15 is 0 Å². The normalized spacial score (nSPS) is 17.1. The van der Waals surface area contributed by atoms with Crippen LogP contribution in [0, 0.1) is 0 Å². The standard InChI is InChI=1S/C25H31N3O6/c1-25(2,3)34-24(31)28-15-20(16-29)27(14-18-10-12-21(32-4)13-11-18)22(28)26-23(30)33-17-19-8-6-5-7-9-19/h5-13,20,29H,14-17H2,1-4H3/b26-22+/t20-/m0/s1. The number of methoxy groups -OCH3 is 1. The number of carbonyl (C=O) groups excluding carboxylic acids is 2. The van der Waals surface area contributed by atoms with Gasteiger partial charge in [-0.05, 0) is 44.0 Å². The number of rotatable bonds is 6. The van der Waals surface area contributed by atoms with Crippen LogP contribution in [0.3, 0.4) is 0 Å². The highest BCUT2D eigenvalue weighted by Gasteiger charge is 2.41. The summed E-state index contributed by atoms with van der Waals surface area (Å²) in [4.78, 5) is 32.6. The van der Waals surface area contributed by atoms with Crippen molar-refractivity contribution in [2.45, 2.75) is 45.6 Å². The van der Waals surface area contributed by atoms with Crippen LogP contribution in [-0.4, -0.2) is 65.0 Å². The van der Waals surface area contributed by atoms with Gasteiger partial charge in [-0.15, -0.1) is 4.99 Å². The molecular formula is C25H31N3O6. The summed E-state index contributed by atoms with van der Waals surface area (Å²) < 4.78 is 16.0. The van der Waals surface area contributed by atoms with Crippen molar-refractivity contribution in [3.63, 3.8) is 0 Å². The van der Waals surface area contributed by atoms with E-state index in [4.69, 9.17) is 14.2 Å². The van der Waals surface area contributed by atoms with Crippen molar-refractivity contribution >= 4 is 18.1 Å². The Morgan fingerprint density at radius 1 is 1.06 bits per heavy atom. The third kappa shape index (κ3) is 6.71. The highest BCUT2D eigenvalue weighted by atomic mass is 16.6. The number of guanidine groups is 1. The molecule has 0 radical (unpaired) electrons. The Kier molecular flexibility index (Phi) is 8.12. The van der Waals surface area contributed by atoms with E-state index in [-0.39, 0.29) is 25.7 Å². The second-order valence-corrected chi connectivity index (χ2v) is 8.86. The second kappa shape index (κ2) is 11.0. The Morgan fingerprint density at radius 3 is 2.32 bits per heavy atom. The fourth-order valence-electron chi connectivity index (χ4n) is 3.42. The molecular weight excluding hydrogens is 438 g/mol. The van der Waals surface area contributed by atoms with Gasteiger partial charge in [0.1, 0.15) is 18.0 Å². The molecule has 2 amide bonds. The maximum atomic E-state index is 12.9. The van der Waals surface area contributed by atoms with Crippen molar-refractivity contribution in [2.24, 2.45) is 4.99 Å². The minimum atomic E-state index is -0.842. The van der Waals surface area contributed by atoms with E-state index in [0.29, 0.717) is 12.3 Å². The number of nitrogens with zero attached hydrogens (tertiary/aromatic N) is 3. The molecule has 0 bridgehead atoms. The number of benzene rings is 2. The molecule has 3 rings (SSSR count). The first-order chi connectivity index (χ1) is 16.2. The average Bonchev–Trinajstić information content (AvgIpc) is 3.15. The lowest BCUT2D eigenvalue weighted by atomic mass is 10.2. The first kappa shape index (κ1) is 25.0. The Hall–Kier alpha value is -3.59. The SMILES string of the molecule is COc1ccc(CN2/C(=N\C(=O)OCc3ccccc3)N(C(=O)OC(C)(C)C)C[C@H]2CO)cc1. The van der Waals surface area contributed by atoms with Crippen molar-refractivity contribution in [1.29, 1.82) is 0 Å². The van der Waals surface area contributed by atoms with Gasteiger partial charge in [0.25, 0.3) is 0 Å². The second-order valence-electron chi connectivity index (χ2n) is 8.86. The van der Waals surface area contributed by atoms with Gasteiger partial charge < -0.3 is 24.2 Å². The minimum Gasteiger partial charge on any atom is -0.497 e. The maximum Gasteiger partial charge on any atom is 0.437 e. The van der Waals surface area contributed by atoms with E-state index in [1.165, 1.54) is 4.90 Å². The molecule has 1 atom stereocenters. The molecule has 2 aromatic carbocycles. The number of amides is 2. The highest BCUT2D eigenvalue weighted by molar-refractivity contribution is 6.00. The van der Waals surface area contributed by atoms with Crippen LogP contribution in [0.5, 0.6) is 5.75 Å². The van der Waals surface area contributed by atoms with Crippen molar-refractivity contribution < 1.29 is 28.9 Å². The molecule has 0 unspecified atom stereocenters. The molecule has 0 aromatic heterocycles. The molecule has 1 heterocycles. The number of carbonyl (C=O) groups is 2. The van der Waals surface area contributed by atoms with Gasteiger partial charge >= 0.3 is 12.2 Å². The molecule has 2 aromatic rings. The summed E-state index contributed by atoms with van der Waals surface area (Å²) in [5.74, 6) is 0.778. The van der Waals surface area contributed by atoms with Crippen LogP contribution in [0.15, 0.2) is 59.6 Å². The molecule has 0 aliphatic carbocycles. The molecule has 9 nitrogen and oxygen atoms in total. The van der Waals surface area contributed by atoms with E-state index in [0.717, 1.165) is 11.1 Å². The van der Waals surface area contributed by atoms with Crippen molar-refractivity contribution in [3.05, 3.63) is 65.7 Å². The zero-order chi connectivity index (χ0) is 24.7. The van der Waals surface area contributed by atoms with E-state index in [1.807, 2.05) is 54.6 Å². The maximum absolute atomic E-state index is 12.9. The molecule has 1 fully saturated rings. The van der Waals surface area contributed by atoms with Gasteiger partial charge in [0.15, 0.2) is 0 Å². The molecule has 0 spiro atoms. The van der Waals surface area contributed by atoms with Gasteiger partial charge in [0.2, 0.25) is 5.96 Å². The van der Waals surface area contributed by atoms with Gasteiger partial charge in [-0.1, -0.05) is 42.5 Å². The minimum absolute atomic E-state index is 0.0464. The largest absolute Gasteiger partial charge is 0.497 e. The lowest BCUT2D eigenvalue weighted by molar-refractivity contribution is 0.0376. The number of aliphatic imine (C=N–C) groups is 1. The summed E-state index contributed by atoms with van der Waals surface area (Å²) in [6.45, 7) is 5.49. The molecule has 9 heteroatoms. The number of hydrogen-bond donors (Lipinski definition) is 1. The lowest BCUT2D eigenvalue weighted by Gasteiger charge is -2.26. The van der Waals surface area contributed by atoms with E-state index in [9.17, 15) is 14.7 Å². The van der Waals surface area contributed by atoms with Gasteiger partial charge in [-0.3, -0.25) is 0 Å². The lowest BCUT2D eigenvalue weighted by Crippen LogP contribution is -2.41. The Morgan fingerprint density at radius 2 is 1.74 bits per heavy atom. The summed E-state index contributed by atoms with van der Waals surface area (Å²) in [6.07, 6.45) is -1.50. The number of aliphatic hydroxyl groups excluding tert-OH is 1. The zero-order valence-corrected chi connectivity index (χ0v) is 19.9. The molecule has 34 heavy (non-hydrogen) atoms. The van der Waals surface area contributed by atoms with Crippen LogP contribution in [0.2, 0.25) is 0 Å². The molecule has 182 valence electrons. The van der Waals surface area contributed by atoms with Crippen molar-refractivity contribution in [3.8, 4) is 5.75 Å². The van der Waals surface area contributed by atoms with Crippen LogP contribution in [-0.2, 0) is 22.6 Å². The van der Waals surface area contributed by atoms with Crippen molar-refractivity contribution in [1.82, 2.24) is 9.80 Å². The molecule has 1 aliphatic rings. The number of hydrogen-bond acceptors (Lipinski definition) is 6. The van der Waals surface area contributed by atoms with Crippen LogP contribution in [0.4, 0.5) is 9.59 Å². The third-order valence-corrected chi connectivity index (χ3v) is 5.07. The van der Waals surface area contributed by atoms with Crippen LogP contribution >= 0.6 is 0 Å². The van der Waals surface area contributed by atoms with Crippen LogP contribution < -0.4 is 4.74 Å². The number of aliphatic hydroxyl groups is 1. The molecule has 1 aliphatic heterocycles. The van der Waals surface area contributed by atoms with Crippen LogP contribution in [0.25, 0.3) is 0 Å². The monoisotopic (exact) mass is 469 g/mol. The fourth-order valence-corrected chi connectivity index (χ4v) is 3.42. The van der Waals surface area contributed by atoms with Crippen molar-refractivity contribution in [2.75, 3.05) is 20.3 Å². The van der Waals surface area contributed by atoms with Crippen LogP contribution in [0.1, 0.15) is 31.9 Å². The molecule has 0 saturated carbocycles. The van der Waals surface area contributed by atoms with Gasteiger partial charge in [-0.2, -0.15) is 0 Å². The van der Waals surface area contributed by atoms with Gasteiger partial charge in [-0.25, -0.2) is 14.5 Å². The molecule has 1 N–H and O–H groups in total. The van der Waals surface area contributed by atoms with Gasteiger partial charge in [0, 0.05) is 6.54 Å². The predicted molar refractivity (Wildman–Crippen MR) is 126 cm³/mol. The third-order valence-electron chi connectivity index (χ3n) is 5.07. The fraction of sp³-hybridized carbons (Fsp3) is 0.400. The number of ether oxygens (including phenoxy) is 3. The Labute approximate surface area is 199 Å². The summed E-state index contributed by atoms with van der Waals surface area (Å²) in [5, 5.41) is 10.0. The first-order valence-electron chi connectivity index (χ1n) is 11.0. The summed E-state index contributed by atoms with van der Waals surface area (Å²) in [5.41, 5.74) is 0.958. The quantitative estimate of drug-likeness (QED) is 0.687. The zero-order valence-electron chi connectivity index (χ0n) is 19.9. The van der Waals surface area contributed by atoms with Gasteiger partial charge in [0.05, 0.1) is 26.3 Å².